The summed E-state index contributed by atoms with van der Waals surface area (Å²) in [6.45, 7) is 0. The molecule has 2 N–H and O–H groups in total. The first kappa shape index (κ1) is 20.4. The number of benzene rings is 4. The molecule has 144 valence electrons. The van der Waals surface area contributed by atoms with E-state index in [2.05, 4.69) is 133 Å². The van der Waals surface area contributed by atoms with Crippen LogP contribution in [-0.2, 0) is 5.41 Å². The Morgan fingerprint density at radius 2 is 0.655 bits per heavy atom. The summed E-state index contributed by atoms with van der Waals surface area (Å²) in [5.74, 6) is 0. The average molecular weight is 572 g/mol. The van der Waals surface area contributed by atoms with Crippen molar-refractivity contribution in [3.8, 4) is 0 Å². The Balaban J connectivity index is 2.11. The Kier molecular flexibility index (Phi) is 5.95. The summed E-state index contributed by atoms with van der Waals surface area (Å²) in [6.07, 6.45) is 0. The molecule has 0 unspecified atom stereocenters. The second-order valence-electron chi connectivity index (χ2n) is 6.89. The fourth-order valence-corrected chi connectivity index (χ4v) is 4.63. The van der Waals surface area contributed by atoms with E-state index in [-0.39, 0.29) is 0 Å². The van der Waals surface area contributed by atoms with Crippen LogP contribution in [-0.4, -0.2) is 0 Å². The van der Waals surface area contributed by atoms with Gasteiger partial charge in [-0.2, -0.15) is 0 Å². The van der Waals surface area contributed by atoms with E-state index in [1.54, 1.807) is 0 Å². The number of nitrogen functional groups attached to an aromatic ring is 1. The summed E-state index contributed by atoms with van der Waals surface area (Å²) in [5, 5.41) is 0. The van der Waals surface area contributed by atoms with Gasteiger partial charge < -0.3 is 5.73 Å². The lowest BCUT2D eigenvalue weighted by Gasteiger charge is -2.37. The van der Waals surface area contributed by atoms with Crippen molar-refractivity contribution in [3.05, 3.63) is 133 Å². The third-order valence-corrected chi connectivity index (χ3v) is 6.76. The van der Waals surface area contributed by atoms with Gasteiger partial charge in [0.25, 0.3) is 0 Å². The van der Waals surface area contributed by atoms with Crippen LogP contribution in [0.15, 0.2) is 110 Å². The van der Waals surface area contributed by atoms with Crippen LogP contribution in [0, 0.1) is 0 Å². The minimum absolute atomic E-state index is 0.476. The van der Waals surface area contributed by atoms with Crippen molar-refractivity contribution in [1.82, 2.24) is 0 Å². The highest BCUT2D eigenvalue weighted by Crippen LogP contribution is 2.46. The van der Waals surface area contributed by atoms with Gasteiger partial charge in [0.15, 0.2) is 0 Å². The quantitative estimate of drug-likeness (QED) is 0.195. The first-order valence-electron chi connectivity index (χ1n) is 9.14. The van der Waals surface area contributed by atoms with Crippen LogP contribution >= 0.6 is 47.8 Å². The zero-order valence-corrected chi connectivity index (χ0v) is 20.2. The Bertz CT molecular complexity index is 913. The molecular formula is C25H18Br3N. The first-order chi connectivity index (χ1) is 14.0. The molecule has 0 atom stereocenters. The lowest BCUT2D eigenvalue weighted by atomic mass is 9.65. The summed E-state index contributed by atoms with van der Waals surface area (Å²) in [7, 11) is 0. The largest absolute Gasteiger partial charge is 0.399 e. The zero-order chi connectivity index (χ0) is 20.4. The Hall–Kier alpha value is -1.88. The summed E-state index contributed by atoms with van der Waals surface area (Å²) in [6, 6.07) is 33.9. The van der Waals surface area contributed by atoms with Crippen molar-refractivity contribution in [3.63, 3.8) is 0 Å². The molecule has 0 aliphatic heterocycles. The standard InChI is InChI=1S/C25H18Br3N/c26-21-9-1-17(2-10-21)25(18-3-11-22(27)12-4-18,19-5-13-23(28)14-6-19)20-7-15-24(29)16-8-20/h1-16H,29H2. The lowest BCUT2D eigenvalue weighted by Crippen LogP contribution is -2.31. The Morgan fingerprint density at radius 1 is 0.414 bits per heavy atom. The molecule has 4 aromatic rings. The predicted molar refractivity (Wildman–Crippen MR) is 132 cm³/mol. The van der Waals surface area contributed by atoms with Crippen molar-refractivity contribution >= 4 is 53.5 Å². The molecule has 0 heterocycles. The van der Waals surface area contributed by atoms with E-state index in [0.29, 0.717) is 0 Å². The van der Waals surface area contributed by atoms with Crippen LogP contribution in [0.2, 0.25) is 0 Å². The highest BCUT2D eigenvalue weighted by atomic mass is 79.9. The van der Waals surface area contributed by atoms with Crippen molar-refractivity contribution in [1.29, 1.82) is 0 Å². The third kappa shape index (κ3) is 3.94. The Morgan fingerprint density at radius 3 is 0.931 bits per heavy atom. The average Bonchev–Trinajstić information content (AvgIpc) is 2.73. The fourth-order valence-electron chi connectivity index (χ4n) is 3.83. The maximum Gasteiger partial charge on any atom is 0.0701 e. The molecule has 0 aliphatic rings. The lowest BCUT2D eigenvalue weighted by molar-refractivity contribution is 0.744. The van der Waals surface area contributed by atoms with Crippen molar-refractivity contribution in [2.45, 2.75) is 5.41 Å². The highest BCUT2D eigenvalue weighted by Gasteiger charge is 2.38. The zero-order valence-electron chi connectivity index (χ0n) is 15.4. The molecular weight excluding hydrogens is 554 g/mol. The van der Waals surface area contributed by atoms with Gasteiger partial charge in [-0.15, -0.1) is 0 Å². The van der Waals surface area contributed by atoms with Gasteiger partial charge in [-0.1, -0.05) is 96.3 Å². The molecule has 0 saturated heterocycles. The fraction of sp³-hybridized carbons (Fsp3) is 0.0400. The monoisotopic (exact) mass is 569 g/mol. The van der Waals surface area contributed by atoms with E-state index in [9.17, 15) is 0 Å². The van der Waals surface area contributed by atoms with Crippen LogP contribution < -0.4 is 5.73 Å². The van der Waals surface area contributed by atoms with E-state index in [1.165, 1.54) is 22.3 Å². The second-order valence-corrected chi connectivity index (χ2v) is 9.64. The van der Waals surface area contributed by atoms with Gasteiger partial charge in [0.1, 0.15) is 0 Å². The predicted octanol–water partition coefficient (Wildman–Crippen LogP) is 7.94. The first-order valence-corrected chi connectivity index (χ1v) is 11.5. The third-order valence-electron chi connectivity index (χ3n) is 5.18. The summed E-state index contributed by atoms with van der Waals surface area (Å²) >= 11 is 10.7. The van der Waals surface area contributed by atoms with E-state index >= 15 is 0 Å². The molecule has 0 bridgehead atoms. The van der Waals surface area contributed by atoms with Crippen molar-refractivity contribution in [2.24, 2.45) is 0 Å². The van der Waals surface area contributed by atoms with E-state index in [0.717, 1.165) is 19.1 Å². The minimum Gasteiger partial charge on any atom is -0.399 e. The van der Waals surface area contributed by atoms with Gasteiger partial charge in [0, 0.05) is 19.1 Å². The van der Waals surface area contributed by atoms with Gasteiger partial charge in [-0.3, -0.25) is 0 Å². The van der Waals surface area contributed by atoms with E-state index in [4.69, 9.17) is 5.73 Å². The molecule has 0 saturated carbocycles. The maximum atomic E-state index is 6.03. The van der Waals surface area contributed by atoms with Crippen LogP contribution in [0.5, 0.6) is 0 Å². The van der Waals surface area contributed by atoms with E-state index in [1.807, 2.05) is 12.1 Å². The minimum atomic E-state index is -0.476. The van der Waals surface area contributed by atoms with Gasteiger partial charge >= 0.3 is 0 Å². The van der Waals surface area contributed by atoms with Gasteiger partial charge in [0.2, 0.25) is 0 Å². The molecule has 0 aliphatic carbocycles. The number of halogens is 3. The van der Waals surface area contributed by atoms with Gasteiger partial charge in [0.05, 0.1) is 5.41 Å². The van der Waals surface area contributed by atoms with Crippen molar-refractivity contribution in [2.75, 3.05) is 5.73 Å². The van der Waals surface area contributed by atoms with Crippen LogP contribution in [0.4, 0.5) is 5.69 Å². The van der Waals surface area contributed by atoms with Gasteiger partial charge in [-0.25, -0.2) is 0 Å². The summed E-state index contributed by atoms with van der Waals surface area (Å²) in [5.41, 5.74) is 11.0. The molecule has 4 rings (SSSR count). The molecule has 0 radical (unpaired) electrons. The molecule has 0 fully saturated rings. The maximum absolute atomic E-state index is 6.03. The SMILES string of the molecule is Nc1ccc(C(c2ccc(Br)cc2)(c2ccc(Br)cc2)c2ccc(Br)cc2)cc1. The molecule has 0 aromatic heterocycles. The number of hydrogen-bond acceptors (Lipinski definition) is 1. The highest BCUT2D eigenvalue weighted by molar-refractivity contribution is 9.11. The normalized spacial score (nSPS) is 11.4. The summed E-state index contributed by atoms with van der Waals surface area (Å²) in [4.78, 5) is 0. The Labute approximate surface area is 196 Å². The van der Waals surface area contributed by atoms with Crippen LogP contribution in [0.25, 0.3) is 0 Å². The van der Waals surface area contributed by atoms with E-state index < -0.39 is 5.41 Å². The molecule has 29 heavy (non-hydrogen) atoms. The molecule has 0 amide bonds. The number of nitrogens with two attached hydrogens (primary N) is 1. The molecule has 0 spiro atoms. The van der Waals surface area contributed by atoms with Crippen LogP contribution in [0.3, 0.4) is 0 Å². The summed E-state index contributed by atoms with van der Waals surface area (Å²) < 4.78 is 3.16. The molecule has 4 heteroatoms. The van der Waals surface area contributed by atoms with Crippen LogP contribution in [0.1, 0.15) is 22.3 Å². The number of anilines is 1. The number of hydrogen-bond donors (Lipinski definition) is 1. The van der Waals surface area contributed by atoms with Gasteiger partial charge in [-0.05, 0) is 70.8 Å². The topological polar surface area (TPSA) is 26.0 Å². The smallest absolute Gasteiger partial charge is 0.0701 e. The second kappa shape index (κ2) is 8.47. The molecule has 4 aromatic carbocycles. The van der Waals surface area contributed by atoms with Crippen molar-refractivity contribution < 1.29 is 0 Å². The number of rotatable bonds is 4. The molecule has 1 nitrogen and oxygen atoms in total.